The number of piperidine rings is 1. The predicted molar refractivity (Wildman–Crippen MR) is 99.5 cm³/mol. The third-order valence-corrected chi connectivity index (χ3v) is 5.29. The average molecular weight is 349 g/mol. The number of rotatable bonds is 3. The monoisotopic (exact) mass is 349 g/mol. The van der Waals surface area contributed by atoms with E-state index in [0.717, 1.165) is 48.4 Å². The average Bonchev–Trinajstić information content (AvgIpc) is 3.33. The normalized spacial score (nSPS) is 15.4. The lowest BCUT2D eigenvalue weighted by atomic mass is 9.89. The van der Waals surface area contributed by atoms with Gasteiger partial charge in [-0.25, -0.2) is 4.68 Å². The van der Waals surface area contributed by atoms with E-state index < -0.39 is 0 Å². The van der Waals surface area contributed by atoms with E-state index in [1.54, 1.807) is 6.20 Å². The van der Waals surface area contributed by atoms with Crippen LogP contribution in [0.3, 0.4) is 0 Å². The van der Waals surface area contributed by atoms with Crippen LogP contribution < -0.4 is 0 Å². The molecule has 26 heavy (non-hydrogen) atoms. The van der Waals surface area contributed by atoms with Gasteiger partial charge in [-0.1, -0.05) is 0 Å². The number of hydrogen-bond acceptors (Lipinski definition) is 3. The first-order chi connectivity index (χ1) is 12.6. The van der Waals surface area contributed by atoms with E-state index in [-0.39, 0.29) is 5.91 Å². The summed E-state index contributed by atoms with van der Waals surface area (Å²) < 4.78 is 1.82. The van der Waals surface area contributed by atoms with Gasteiger partial charge < -0.3 is 4.90 Å². The second-order valence-corrected chi connectivity index (χ2v) is 6.97. The molecule has 0 spiro atoms. The molecule has 0 saturated carbocycles. The van der Waals surface area contributed by atoms with Gasteiger partial charge in [-0.15, -0.1) is 0 Å². The minimum atomic E-state index is 0.113. The molecule has 0 unspecified atom stereocenters. The minimum absolute atomic E-state index is 0.113. The Labute approximate surface area is 152 Å². The van der Waals surface area contributed by atoms with E-state index in [0.29, 0.717) is 5.92 Å². The fourth-order valence-electron chi connectivity index (χ4n) is 3.80. The van der Waals surface area contributed by atoms with Crippen LogP contribution in [0.2, 0.25) is 0 Å². The molecule has 1 N–H and O–H groups in total. The summed E-state index contributed by atoms with van der Waals surface area (Å²) in [7, 11) is 0. The molecule has 1 aliphatic rings. The van der Waals surface area contributed by atoms with Crippen molar-refractivity contribution in [2.45, 2.75) is 32.6 Å². The maximum Gasteiger partial charge on any atom is 0.253 e. The molecule has 1 aliphatic heterocycles. The summed E-state index contributed by atoms with van der Waals surface area (Å²) >= 11 is 0. The maximum absolute atomic E-state index is 12.9. The Kier molecular flexibility index (Phi) is 4.32. The van der Waals surface area contributed by atoms with E-state index in [4.69, 9.17) is 0 Å². The highest BCUT2D eigenvalue weighted by Crippen LogP contribution is 2.30. The van der Waals surface area contributed by atoms with E-state index in [1.807, 2.05) is 53.2 Å². The van der Waals surface area contributed by atoms with Crippen molar-refractivity contribution in [1.29, 1.82) is 0 Å². The Morgan fingerprint density at radius 1 is 1.23 bits per heavy atom. The van der Waals surface area contributed by atoms with Crippen molar-refractivity contribution in [3.8, 4) is 5.69 Å². The molecule has 0 aliphatic carbocycles. The molecular weight excluding hydrogens is 326 g/mol. The number of benzene rings is 1. The van der Waals surface area contributed by atoms with Gasteiger partial charge in [0.25, 0.3) is 5.91 Å². The third kappa shape index (κ3) is 3.03. The number of H-pyrrole nitrogens is 1. The Balaban J connectivity index is 1.45. The van der Waals surface area contributed by atoms with Crippen LogP contribution in [0.4, 0.5) is 0 Å². The molecule has 6 nitrogen and oxygen atoms in total. The number of amides is 1. The Morgan fingerprint density at radius 2 is 2.04 bits per heavy atom. The second-order valence-electron chi connectivity index (χ2n) is 6.97. The molecule has 1 aromatic carbocycles. The molecule has 2 aromatic heterocycles. The second kappa shape index (κ2) is 6.78. The molecule has 0 radical (unpaired) electrons. The van der Waals surface area contributed by atoms with E-state index in [9.17, 15) is 4.79 Å². The summed E-state index contributed by atoms with van der Waals surface area (Å²) in [5.41, 5.74) is 5.22. The predicted octanol–water partition coefficient (Wildman–Crippen LogP) is 3.23. The highest BCUT2D eigenvalue weighted by Gasteiger charge is 2.26. The number of aromatic amines is 1. The molecule has 6 heteroatoms. The third-order valence-electron chi connectivity index (χ3n) is 5.29. The zero-order chi connectivity index (χ0) is 18.1. The molecule has 3 aromatic rings. The summed E-state index contributed by atoms with van der Waals surface area (Å²) in [4.78, 5) is 14.9. The highest BCUT2D eigenvalue weighted by atomic mass is 16.2. The smallest absolute Gasteiger partial charge is 0.253 e. The lowest BCUT2D eigenvalue weighted by Crippen LogP contribution is -2.38. The van der Waals surface area contributed by atoms with Crippen LogP contribution in [0.1, 0.15) is 45.9 Å². The van der Waals surface area contributed by atoms with Crippen molar-refractivity contribution in [3.05, 3.63) is 65.2 Å². The van der Waals surface area contributed by atoms with Gasteiger partial charge in [0, 0.05) is 36.7 Å². The van der Waals surface area contributed by atoms with Crippen LogP contribution in [0.25, 0.3) is 5.69 Å². The Hall–Kier alpha value is -2.89. The highest BCUT2D eigenvalue weighted by molar-refractivity contribution is 5.94. The number of aryl methyl sites for hydroxylation is 2. The summed E-state index contributed by atoms with van der Waals surface area (Å²) in [6.45, 7) is 5.65. The fourth-order valence-corrected chi connectivity index (χ4v) is 3.80. The number of likely N-dealkylation sites (tertiary alicyclic amines) is 1. The molecule has 1 amide bonds. The van der Waals surface area contributed by atoms with Crippen LogP contribution in [-0.2, 0) is 0 Å². The van der Waals surface area contributed by atoms with E-state index in [1.165, 1.54) is 5.56 Å². The summed E-state index contributed by atoms with van der Waals surface area (Å²) in [6.07, 6.45) is 7.55. The van der Waals surface area contributed by atoms with Gasteiger partial charge in [-0.2, -0.15) is 10.2 Å². The van der Waals surface area contributed by atoms with Gasteiger partial charge in [-0.3, -0.25) is 9.89 Å². The first kappa shape index (κ1) is 16.6. The number of nitrogens with zero attached hydrogens (tertiary/aromatic N) is 4. The number of carbonyl (C=O) groups excluding carboxylic acids is 1. The molecule has 0 bridgehead atoms. The summed E-state index contributed by atoms with van der Waals surface area (Å²) in [6, 6.07) is 7.73. The van der Waals surface area contributed by atoms with Gasteiger partial charge in [0.15, 0.2) is 0 Å². The largest absolute Gasteiger partial charge is 0.339 e. The zero-order valence-corrected chi connectivity index (χ0v) is 15.1. The molecule has 4 rings (SSSR count). The number of aromatic nitrogens is 4. The van der Waals surface area contributed by atoms with Gasteiger partial charge in [0.2, 0.25) is 0 Å². The van der Waals surface area contributed by atoms with E-state index >= 15 is 0 Å². The molecule has 0 atom stereocenters. The van der Waals surface area contributed by atoms with Gasteiger partial charge in [-0.05, 0) is 68.0 Å². The van der Waals surface area contributed by atoms with Crippen LogP contribution in [0.5, 0.6) is 0 Å². The molecule has 1 saturated heterocycles. The zero-order valence-electron chi connectivity index (χ0n) is 15.1. The Bertz CT molecular complexity index is 904. The van der Waals surface area contributed by atoms with Crippen LogP contribution in [-0.4, -0.2) is 43.9 Å². The van der Waals surface area contributed by atoms with Crippen molar-refractivity contribution >= 4 is 5.91 Å². The lowest BCUT2D eigenvalue weighted by Gasteiger charge is -2.32. The Morgan fingerprint density at radius 3 is 2.65 bits per heavy atom. The van der Waals surface area contributed by atoms with Crippen molar-refractivity contribution in [3.63, 3.8) is 0 Å². The van der Waals surface area contributed by atoms with Crippen molar-refractivity contribution < 1.29 is 4.79 Å². The molecular formula is C20H23N5O. The fraction of sp³-hybridized carbons (Fsp3) is 0.350. The molecule has 3 heterocycles. The van der Waals surface area contributed by atoms with Crippen molar-refractivity contribution in [1.82, 2.24) is 24.9 Å². The minimum Gasteiger partial charge on any atom is -0.339 e. The SMILES string of the molecule is Cc1cc(C(=O)N2CCC(c3cn[nH]c3C)CC2)ccc1-n1cccn1. The van der Waals surface area contributed by atoms with Crippen LogP contribution >= 0.6 is 0 Å². The number of nitrogens with one attached hydrogen (secondary N) is 1. The lowest BCUT2D eigenvalue weighted by molar-refractivity contribution is 0.0713. The van der Waals surface area contributed by atoms with Gasteiger partial charge in [0.1, 0.15) is 0 Å². The van der Waals surface area contributed by atoms with E-state index in [2.05, 4.69) is 22.2 Å². The summed E-state index contributed by atoms with van der Waals surface area (Å²) in [5, 5.41) is 11.4. The maximum atomic E-state index is 12.9. The van der Waals surface area contributed by atoms with Crippen molar-refractivity contribution in [2.24, 2.45) is 0 Å². The van der Waals surface area contributed by atoms with Gasteiger partial charge in [0.05, 0.1) is 11.9 Å². The molecule has 1 fully saturated rings. The van der Waals surface area contributed by atoms with Gasteiger partial charge >= 0.3 is 0 Å². The van der Waals surface area contributed by atoms with Crippen LogP contribution in [0.15, 0.2) is 42.9 Å². The number of hydrogen-bond donors (Lipinski definition) is 1. The number of carbonyl (C=O) groups is 1. The summed E-state index contributed by atoms with van der Waals surface area (Å²) in [5.74, 6) is 0.601. The quantitative estimate of drug-likeness (QED) is 0.789. The standard InChI is InChI=1S/C20H23N5O/c1-14-12-17(4-5-19(14)25-9-3-8-22-25)20(26)24-10-6-16(7-11-24)18-13-21-23-15(18)2/h3-5,8-9,12-13,16H,6-7,10-11H2,1-2H3,(H,21,23). The first-order valence-electron chi connectivity index (χ1n) is 9.03. The van der Waals surface area contributed by atoms with Crippen molar-refractivity contribution in [2.75, 3.05) is 13.1 Å². The van der Waals surface area contributed by atoms with Crippen LogP contribution in [0, 0.1) is 13.8 Å². The molecule has 134 valence electrons. The topological polar surface area (TPSA) is 66.8 Å². The first-order valence-corrected chi connectivity index (χ1v) is 9.03.